The van der Waals surface area contributed by atoms with Crippen LogP contribution in [0.2, 0.25) is 0 Å². The normalized spacial score (nSPS) is 10.6. The molecule has 0 saturated heterocycles. The predicted molar refractivity (Wildman–Crippen MR) is 63.5 cm³/mol. The first-order valence-electron chi connectivity index (χ1n) is 5.09. The molecule has 0 unspecified atom stereocenters. The van der Waals surface area contributed by atoms with Crippen LogP contribution in [0.3, 0.4) is 0 Å². The van der Waals surface area contributed by atoms with Crippen LogP contribution >= 0.6 is 0 Å². The van der Waals surface area contributed by atoms with Crippen LogP contribution in [-0.4, -0.2) is 6.29 Å². The van der Waals surface area contributed by atoms with Crippen molar-refractivity contribution in [3.63, 3.8) is 0 Å². The fourth-order valence-corrected chi connectivity index (χ4v) is 1.94. The zero-order valence-corrected chi connectivity index (χ0v) is 9.29. The third kappa shape index (κ3) is 1.54. The third-order valence-electron chi connectivity index (χ3n) is 3.14. The second-order valence-corrected chi connectivity index (χ2v) is 4.04. The lowest BCUT2D eigenvalue weighted by Crippen LogP contribution is -1.90. The van der Waals surface area contributed by atoms with Gasteiger partial charge in [0.2, 0.25) is 0 Å². The van der Waals surface area contributed by atoms with Gasteiger partial charge in [0.25, 0.3) is 0 Å². The second kappa shape index (κ2) is 3.50. The molecule has 0 spiro atoms. The fourth-order valence-electron chi connectivity index (χ4n) is 1.94. The van der Waals surface area contributed by atoms with Crippen LogP contribution in [0.15, 0.2) is 24.3 Å². The van der Waals surface area contributed by atoms with Gasteiger partial charge in [-0.1, -0.05) is 18.2 Å². The highest BCUT2D eigenvalue weighted by atomic mass is 16.1. The number of aldehydes is 1. The van der Waals surface area contributed by atoms with Gasteiger partial charge in [-0.15, -0.1) is 0 Å². The van der Waals surface area contributed by atoms with Gasteiger partial charge in [-0.3, -0.25) is 4.79 Å². The smallest absolute Gasteiger partial charge is 0.150 e. The summed E-state index contributed by atoms with van der Waals surface area (Å²) in [6.45, 7) is 6.35. The van der Waals surface area contributed by atoms with E-state index < -0.39 is 0 Å². The Bertz CT molecular complexity index is 539. The van der Waals surface area contributed by atoms with Crippen LogP contribution < -0.4 is 0 Å². The Morgan fingerprint density at radius 1 is 1.00 bits per heavy atom. The number of fused-ring (bicyclic) bond motifs is 1. The Labute approximate surface area is 89.7 Å². The summed E-state index contributed by atoms with van der Waals surface area (Å²) >= 11 is 0. The minimum Gasteiger partial charge on any atom is -0.298 e. The largest absolute Gasteiger partial charge is 0.298 e. The lowest BCUT2D eigenvalue weighted by Gasteiger charge is -2.09. The van der Waals surface area contributed by atoms with Crippen molar-refractivity contribution >= 4 is 17.1 Å². The van der Waals surface area contributed by atoms with Gasteiger partial charge in [-0.25, -0.2) is 0 Å². The van der Waals surface area contributed by atoms with Gasteiger partial charge in [-0.05, 0) is 54.3 Å². The van der Waals surface area contributed by atoms with Crippen molar-refractivity contribution in [2.75, 3.05) is 0 Å². The molecule has 76 valence electrons. The molecule has 0 amide bonds. The van der Waals surface area contributed by atoms with E-state index in [4.69, 9.17) is 0 Å². The topological polar surface area (TPSA) is 17.1 Å². The molecule has 0 aliphatic heterocycles. The van der Waals surface area contributed by atoms with E-state index >= 15 is 0 Å². The highest BCUT2D eigenvalue weighted by Gasteiger charge is 2.04. The number of aryl methyl sites for hydroxylation is 2. The maximum absolute atomic E-state index is 10.7. The average molecular weight is 198 g/mol. The van der Waals surface area contributed by atoms with Crippen LogP contribution in [-0.2, 0) is 0 Å². The Balaban J connectivity index is 2.87. The third-order valence-corrected chi connectivity index (χ3v) is 3.14. The van der Waals surface area contributed by atoms with E-state index in [-0.39, 0.29) is 0 Å². The van der Waals surface area contributed by atoms with E-state index in [1.165, 1.54) is 27.5 Å². The number of benzene rings is 2. The summed E-state index contributed by atoms with van der Waals surface area (Å²) in [6.07, 6.45) is 0.897. The van der Waals surface area contributed by atoms with Crippen molar-refractivity contribution in [3.05, 3.63) is 46.5 Å². The zero-order valence-electron chi connectivity index (χ0n) is 9.29. The summed E-state index contributed by atoms with van der Waals surface area (Å²) in [7, 11) is 0. The molecular weight excluding hydrogens is 184 g/mol. The fraction of sp³-hybridized carbons (Fsp3) is 0.214. The number of hydrogen-bond acceptors (Lipinski definition) is 1. The Kier molecular flexibility index (Phi) is 2.31. The monoisotopic (exact) mass is 198 g/mol. The molecule has 2 rings (SSSR count). The molecule has 2 aromatic carbocycles. The first-order valence-corrected chi connectivity index (χ1v) is 5.09. The standard InChI is InChI=1S/C14H14O/c1-9-6-13-5-4-12(8-15)7-14(13)11(3)10(9)2/h4-8H,1-3H3. The Morgan fingerprint density at radius 2 is 1.73 bits per heavy atom. The molecule has 0 aromatic heterocycles. The van der Waals surface area contributed by atoms with Crippen LogP contribution in [0.5, 0.6) is 0 Å². The first kappa shape index (κ1) is 9.91. The van der Waals surface area contributed by atoms with Crippen molar-refractivity contribution in [2.45, 2.75) is 20.8 Å². The van der Waals surface area contributed by atoms with Gasteiger partial charge in [0.05, 0.1) is 0 Å². The summed E-state index contributed by atoms with van der Waals surface area (Å²) in [4.78, 5) is 10.7. The SMILES string of the molecule is Cc1cc2ccc(C=O)cc2c(C)c1C. The summed E-state index contributed by atoms with van der Waals surface area (Å²) in [5, 5.41) is 2.39. The van der Waals surface area contributed by atoms with E-state index in [9.17, 15) is 4.79 Å². The highest BCUT2D eigenvalue weighted by Crippen LogP contribution is 2.25. The molecule has 0 N–H and O–H groups in total. The molecule has 0 bridgehead atoms. The van der Waals surface area contributed by atoms with E-state index in [2.05, 4.69) is 26.8 Å². The highest BCUT2D eigenvalue weighted by molar-refractivity contribution is 5.92. The lowest BCUT2D eigenvalue weighted by atomic mass is 9.95. The number of carbonyl (C=O) groups is 1. The van der Waals surface area contributed by atoms with E-state index in [0.717, 1.165) is 11.8 Å². The van der Waals surface area contributed by atoms with Crippen molar-refractivity contribution in [1.29, 1.82) is 0 Å². The maximum Gasteiger partial charge on any atom is 0.150 e. The van der Waals surface area contributed by atoms with E-state index in [1.807, 2.05) is 18.2 Å². The van der Waals surface area contributed by atoms with Crippen LogP contribution in [0.25, 0.3) is 10.8 Å². The molecule has 0 saturated carbocycles. The molecular formula is C14H14O. The average Bonchev–Trinajstić information content (AvgIpc) is 2.26. The minimum absolute atomic E-state index is 0.744. The molecule has 0 fully saturated rings. The van der Waals surface area contributed by atoms with Gasteiger partial charge in [0.15, 0.2) is 0 Å². The van der Waals surface area contributed by atoms with Gasteiger partial charge in [0.1, 0.15) is 6.29 Å². The molecule has 15 heavy (non-hydrogen) atoms. The molecule has 0 heterocycles. The van der Waals surface area contributed by atoms with Crippen molar-refractivity contribution in [2.24, 2.45) is 0 Å². The zero-order chi connectivity index (χ0) is 11.0. The van der Waals surface area contributed by atoms with Crippen molar-refractivity contribution < 1.29 is 4.79 Å². The van der Waals surface area contributed by atoms with Crippen molar-refractivity contribution in [1.82, 2.24) is 0 Å². The summed E-state index contributed by atoms with van der Waals surface area (Å²) < 4.78 is 0. The molecule has 1 nitrogen and oxygen atoms in total. The first-order chi connectivity index (χ1) is 7.13. The van der Waals surface area contributed by atoms with Gasteiger partial charge in [0, 0.05) is 5.56 Å². The number of carbonyl (C=O) groups excluding carboxylic acids is 1. The summed E-state index contributed by atoms with van der Waals surface area (Å²) in [5.41, 5.74) is 4.63. The molecule has 0 aliphatic rings. The van der Waals surface area contributed by atoms with Crippen LogP contribution in [0.1, 0.15) is 27.0 Å². The van der Waals surface area contributed by atoms with Crippen LogP contribution in [0.4, 0.5) is 0 Å². The molecule has 0 aliphatic carbocycles. The van der Waals surface area contributed by atoms with Gasteiger partial charge < -0.3 is 0 Å². The lowest BCUT2D eigenvalue weighted by molar-refractivity contribution is 0.112. The van der Waals surface area contributed by atoms with Gasteiger partial charge in [-0.2, -0.15) is 0 Å². The Hall–Kier alpha value is -1.63. The van der Waals surface area contributed by atoms with Crippen molar-refractivity contribution in [3.8, 4) is 0 Å². The van der Waals surface area contributed by atoms with E-state index in [1.54, 1.807) is 0 Å². The predicted octanol–water partition coefficient (Wildman–Crippen LogP) is 3.58. The maximum atomic E-state index is 10.7. The second-order valence-electron chi connectivity index (χ2n) is 4.04. The molecule has 2 aromatic rings. The minimum atomic E-state index is 0.744. The molecule has 0 atom stereocenters. The van der Waals surface area contributed by atoms with Crippen LogP contribution in [0, 0.1) is 20.8 Å². The Morgan fingerprint density at radius 3 is 2.40 bits per heavy atom. The molecule has 0 radical (unpaired) electrons. The number of hydrogen-bond donors (Lipinski definition) is 0. The molecule has 1 heteroatoms. The van der Waals surface area contributed by atoms with Gasteiger partial charge >= 0.3 is 0 Å². The number of rotatable bonds is 1. The quantitative estimate of drug-likeness (QED) is 0.640. The van der Waals surface area contributed by atoms with E-state index in [0.29, 0.717) is 0 Å². The summed E-state index contributed by atoms with van der Waals surface area (Å²) in [6, 6.07) is 8.01. The summed E-state index contributed by atoms with van der Waals surface area (Å²) in [5.74, 6) is 0.